The lowest BCUT2D eigenvalue weighted by molar-refractivity contribution is -0.142. The standard InChI is InChI=1S/C14H24N2O4/c1-9-5-4-6-10(2)16(9)14(19)15(3)12-8-20-7-11(12)13(17)18/h9-12H,4-8H2,1-3H3,(H,17,18). The molecule has 1 N–H and O–H groups in total. The summed E-state index contributed by atoms with van der Waals surface area (Å²) in [5.74, 6) is -1.52. The largest absolute Gasteiger partial charge is 0.481 e. The maximum absolute atomic E-state index is 12.7. The van der Waals surface area contributed by atoms with Crippen molar-refractivity contribution in [3.63, 3.8) is 0 Å². The molecule has 0 bridgehead atoms. The number of carboxylic acid groups (broad SMARTS) is 1. The van der Waals surface area contributed by atoms with Gasteiger partial charge in [0.05, 0.1) is 19.3 Å². The number of aliphatic carboxylic acids is 1. The van der Waals surface area contributed by atoms with Crippen molar-refractivity contribution in [2.45, 2.75) is 51.2 Å². The number of carbonyl (C=O) groups is 2. The van der Waals surface area contributed by atoms with Crippen molar-refractivity contribution < 1.29 is 19.4 Å². The zero-order chi connectivity index (χ0) is 14.9. The Hall–Kier alpha value is -1.30. The molecule has 0 radical (unpaired) electrons. The molecule has 2 amide bonds. The Morgan fingerprint density at radius 1 is 1.20 bits per heavy atom. The number of hydrogen-bond acceptors (Lipinski definition) is 3. The molecule has 20 heavy (non-hydrogen) atoms. The van der Waals surface area contributed by atoms with E-state index in [9.17, 15) is 14.7 Å². The van der Waals surface area contributed by atoms with Gasteiger partial charge in [-0.2, -0.15) is 0 Å². The van der Waals surface area contributed by atoms with Crippen LogP contribution in [0, 0.1) is 5.92 Å². The van der Waals surface area contributed by atoms with Crippen molar-refractivity contribution in [1.82, 2.24) is 9.80 Å². The van der Waals surface area contributed by atoms with Crippen molar-refractivity contribution in [2.75, 3.05) is 20.3 Å². The highest BCUT2D eigenvalue weighted by atomic mass is 16.5. The van der Waals surface area contributed by atoms with Crippen LogP contribution < -0.4 is 0 Å². The number of rotatable bonds is 2. The fraction of sp³-hybridized carbons (Fsp3) is 0.857. The summed E-state index contributed by atoms with van der Waals surface area (Å²) in [7, 11) is 1.69. The maximum atomic E-state index is 12.7. The predicted octanol–water partition coefficient (Wildman–Crippen LogP) is 1.40. The molecule has 0 aliphatic carbocycles. The van der Waals surface area contributed by atoms with E-state index in [1.165, 1.54) is 0 Å². The average molecular weight is 284 g/mol. The lowest BCUT2D eigenvalue weighted by Gasteiger charge is -2.42. The molecule has 2 aliphatic rings. The van der Waals surface area contributed by atoms with Crippen LogP contribution in [0.1, 0.15) is 33.1 Å². The number of carbonyl (C=O) groups excluding carboxylic acids is 1. The second kappa shape index (κ2) is 5.99. The molecule has 6 nitrogen and oxygen atoms in total. The van der Waals surface area contributed by atoms with Crippen LogP contribution in [-0.4, -0.2) is 65.3 Å². The first-order valence-corrected chi connectivity index (χ1v) is 7.29. The van der Waals surface area contributed by atoms with E-state index in [4.69, 9.17) is 4.74 Å². The highest BCUT2D eigenvalue weighted by molar-refractivity contribution is 5.77. The number of urea groups is 1. The Morgan fingerprint density at radius 3 is 2.35 bits per heavy atom. The van der Waals surface area contributed by atoms with Crippen molar-refractivity contribution in [3.05, 3.63) is 0 Å². The van der Waals surface area contributed by atoms with Crippen LogP contribution in [0.4, 0.5) is 4.79 Å². The average Bonchev–Trinajstić information content (AvgIpc) is 2.86. The fourth-order valence-electron chi connectivity index (χ4n) is 3.28. The quantitative estimate of drug-likeness (QED) is 0.832. The van der Waals surface area contributed by atoms with Gasteiger partial charge in [0.1, 0.15) is 5.92 Å². The van der Waals surface area contributed by atoms with E-state index in [1.54, 1.807) is 11.9 Å². The minimum absolute atomic E-state index is 0.0774. The van der Waals surface area contributed by atoms with Crippen molar-refractivity contribution in [3.8, 4) is 0 Å². The van der Waals surface area contributed by atoms with E-state index >= 15 is 0 Å². The molecule has 2 aliphatic heterocycles. The van der Waals surface area contributed by atoms with E-state index in [0.29, 0.717) is 6.61 Å². The van der Waals surface area contributed by atoms with Gasteiger partial charge in [-0.3, -0.25) is 4.79 Å². The molecular weight excluding hydrogens is 260 g/mol. The summed E-state index contributed by atoms with van der Waals surface area (Å²) in [5.41, 5.74) is 0. The van der Waals surface area contributed by atoms with Crippen LogP contribution in [0.2, 0.25) is 0 Å². The smallest absolute Gasteiger partial charge is 0.320 e. The Bertz CT molecular complexity index is 377. The Kier molecular flexibility index (Phi) is 4.52. The fourth-order valence-corrected chi connectivity index (χ4v) is 3.28. The summed E-state index contributed by atoms with van der Waals surface area (Å²) in [6.07, 6.45) is 3.15. The molecule has 2 fully saturated rings. The molecule has 4 atom stereocenters. The molecule has 6 heteroatoms. The second-order valence-electron chi connectivity index (χ2n) is 5.98. The molecule has 0 aromatic carbocycles. The third-order valence-corrected chi connectivity index (χ3v) is 4.58. The van der Waals surface area contributed by atoms with Crippen molar-refractivity contribution in [2.24, 2.45) is 5.92 Å². The number of likely N-dealkylation sites (N-methyl/N-ethyl adjacent to an activating group) is 1. The maximum Gasteiger partial charge on any atom is 0.320 e. The van der Waals surface area contributed by atoms with Gasteiger partial charge in [0, 0.05) is 19.1 Å². The first-order chi connectivity index (χ1) is 9.43. The lowest BCUT2D eigenvalue weighted by atomic mass is 9.97. The summed E-state index contributed by atoms with van der Waals surface area (Å²) >= 11 is 0. The first-order valence-electron chi connectivity index (χ1n) is 7.29. The number of hydrogen-bond donors (Lipinski definition) is 1. The summed E-state index contributed by atoms with van der Waals surface area (Å²) in [5, 5.41) is 9.20. The Labute approximate surface area is 119 Å². The monoisotopic (exact) mass is 284 g/mol. The van der Waals surface area contributed by atoms with Gasteiger partial charge < -0.3 is 19.6 Å². The van der Waals surface area contributed by atoms with E-state index in [-0.39, 0.29) is 30.8 Å². The predicted molar refractivity (Wildman–Crippen MR) is 73.5 cm³/mol. The van der Waals surface area contributed by atoms with Gasteiger partial charge in [0.2, 0.25) is 0 Å². The normalized spacial score (nSPS) is 34.0. The minimum Gasteiger partial charge on any atom is -0.481 e. The van der Waals surface area contributed by atoms with Crippen LogP contribution in [0.25, 0.3) is 0 Å². The van der Waals surface area contributed by atoms with Crippen molar-refractivity contribution >= 4 is 12.0 Å². The van der Waals surface area contributed by atoms with Gasteiger partial charge >= 0.3 is 12.0 Å². The van der Waals surface area contributed by atoms with E-state index in [0.717, 1.165) is 19.3 Å². The van der Waals surface area contributed by atoms with Gasteiger partial charge in [0.15, 0.2) is 0 Å². The summed E-state index contributed by atoms with van der Waals surface area (Å²) in [6, 6.07) is -0.0358. The van der Waals surface area contributed by atoms with E-state index in [2.05, 4.69) is 13.8 Å². The summed E-state index contributed by atoms with van der Waals surface area (Å²) in [6.45, 7) is 4.60. The van der Waals surface area contributed by atoms with Gasteiger partial charge in [-0.15, -0.1) is 0 Å². The highest BCUT2D eigenvalue weighted by Gasteiger charge is 2.41. The van der Waals surface area contributed by atoms with E-state index in [1.807, 2.05) is 4.90 Å². The van der Waals surface area contributed by atoms with Gasteiger partial charge in [-0.1, -0.05) is 0 Å². The Balaban J connectivity index is 2.09. The van der Waals surface area contributed by atoms with Crippen LogP contribution in [0.5, 0.6) is 0 Å². The molecule has 0 spiro atoms. The third-order valence-electron chi connectivity index (χ3n) is 4.58. The molecule has 0 aromatic rings. The van der Waals surface area contributed by atoms with E-state index < -0.39 is 11.9 Å². The van der Waals surface area contributed by atoms with Crippen LogP contribution in [0.15, 0.2) is 0 Å². The summed E-state index contributed by atoms with van der Waals surface area (Å²) in [4.78, 5) is 27.3. The van der Waals surface area contributed by atoms with Gasteiger partial charge in [-0.05, 0) is 33.1 Å². The number of nitrogens with zero attached hydrogens (tertiary/aromatic N) is 2. The Morgan fingerprint density at radius 2 is 1.80 bits per heavy atom. The molecule has 4 unspecified atom stereocenters. The van der Waals surface area contributed by atoms with Crippen LogP contribution >= 0.6 is 0 Å². The molecule has 2 rings (SSSR count). The number of carboxylic acids is 1. The molecule has 0 saturated carbocycles. The zero-order valence-electron chi connectivity index (χ0n) is 12.4. The minimum atomic E-state index is -0.896. The number of piperidine rings is 1. The second-order valence-corrected chi connectivity index (χ2v) is 5.98. The number of amides is 2. The topological polar surface area (TPSA) is 70.1 Å². The lowest BCUT2D eigenvalue weighted by Crippen LogP contribution is -2.56. The van der Waals surface area contributed by atoms with Crippen molar-refractivity contribution in [1.29, 1.82) is 0 Å². The molecule has 2 heterocycles. The number of likely N-dealkylation sites (tertiary alicyclic amines) is 1. The van der Waals surface area contributed by atoms with Crippen LogP contribution in [-0.2, 0) is 9.53 Å². The highest BCUT2D eigenvalue weighted by Crippen LogP contribution is 2.26. The zero-order valence-corrected chi connectivity index (χ0v) is 12.4. The molecule has 114 valence electrons. The molecule has 0 aromatic heterocycles. The van der Waals surface area contributed by atoms with Gasteiger partial charge in [0.25, 0.3) is 0 Å². The number of ether oxygens (including phenoxy) is 1. The third kappa shape index (κ3) is 2.75. The van der Waals surface area contributed by atoms with Crippen LogP contribution in [0.3, 0.4) is 0 Å². The van der Waals surface area contributed by atoms with Gasteiger partial charge in [-0.25, -0.2) is 4.79 Å². The molecule has 2 saturated heterocycles. The SMILES string of the molecule is CC1CCCC(C)N1C(=O)N(C)C1COCC1C(=O)O. The molecular formula is C14H24N2O4. The first kappa shape index (κ1) is 15.1. The summed E-state index contributed by atoms with van der Waals surface area (Å²) < 4.78 is 5.25.